The molecule has 1 saturated heterocycles. The molecule has 0 atom stereocenters. The van der Waals surface area contributed by atoms with Crippen molar-refractivity contribution in [2.24, 2.45) is 5.92 Å². The van der Waals surface area contributed by atoms with Crippen molar-refractivity contribution in [2.45, 2.75) is 26.7 Å². The van der Waals surface area contributed by atoms with Gasteiger partial charge in [0.05, 0.1) is 0 Å². The molecule has 16 heavy (non-hydrogen) atoms. The van der Waals surface area contributed by atoms with E-state index in [1.165, 1.54) is 0 Å². The molecule has 1 aromatic heterocycles. The second-order valence-electron chi connectivity index (χ2n) is 4.38. The summed E-state index contributed by atoms with van der Waals surface area (Å²) < 4.78 is 0. The van der Waals surface area contributed by atoms with E-state index in [2.05, 4.69) is 14.9 Å². The summed E-state index contributed by atoms with van der Waals surface area (Å²) >= 11 is 0. The molecule has 0 spiro atoms. The molecule has 1 fully saturated rings. The first-order chi connectivity index (χ1) is 7.69. The van der Waals surface area contributed by atoms with E-state index in [0.29, 0.717) is 0 Å². The summed E-state index contributed by atoms with van der Waals surface area (Å²) in [6, 6.07) is 2.01. The van der Waals surface area contributed by atoms with Crippen LogP contribution in [0.3, 0.4) is 0 Å². The maximum Gasteiger partial charge on any atom is 0.132 e. The van der Waals surface area contributed by atoms with Gasteiger partial charge in [-0.3, -0.25) is 0 Å². The van der Waals surface area contributed by atoms with Crippen LogP contribution in [0, 0.1) is 19.8 Å². The number of carbonyl (C=O) groups excluding carboxylic acids is 1. The zero-order chi connectivity index (χ0) is 11.5. The second kappa shape index (κ2) is 4.60. The molecule has 0 radical (unpaired) electrons. The van der Waals surface area contributed by atoms with Crippen molar-refractivity contribution < 1.29 is 4.79 Å². The van der Waals surface area contributed by atoms with E-state index in [9.17, 15) is 4.79 Å². The molecule has 0 bridgehead atoms. The standard InChI is InChI=1S/C12H17N3O/c1-9-7-12(14-10(2)13-9)15-5-3-11(8-16)4-6-15/h7-8,11H,3-6H2,1-2H3. The number of hydrogen-bond donors (Lipinski definition) is 0. The fraction of sp³-hybridized carbons (Fsp3) is 0.583. The molecule has 4 heteroatoms. The van der Waals surface area contributed by atoms with Gasteiger partial charge in [-0.25, -0.2) is 9.97 Å². The molecule has 0 saturated carbocycles. The number of piperidine rings is 1. The van der Waals surface area contributed by atoms with Crippen molar-refractivity contribution in [1.29, 1.82) is 0 Å². The van der Waals surface area contributed by atoms with E-state index in [1.54, 1.807) is 0 Å². The van der Waals surface area contributed by atoms with Crippen molar-refractivity contribution in [3.63, 3.8) is 0 Å². The maximum absolute atomic E-state index is 10.7. The van der Waals surface area contributed by atoms with E-state index < -0.39 is 0 Å². The first-order valence-corrected chi connectivity index (χ1v) is 5.71. The summed E-state index contributed by atoms with van der Waals surface area (Å²) in [5.41, 5.74) is 1.00. The highest BCUT2D eigenvalue weighted by atomic mass is 16.1. The molecule has 0 amide bonds. The summed E-state index contributed by atoms with van der Waals surface area (Å²) in [7, 11) is 0. The Morgan fingerprint density at radius 2 is 2.00 bits per heavy atom. The number of carbonyl (C=O) groups is 1. The molecule has 4 nitrogen and oxygen atoms in total. The quantitative estimate of drug-likeness (QED) is 0.707. The Hall–Kier alpha value is -1.45. The molecule has 86 valence electrons. The van der Waals surface area contributed by atoms with Gasteiger partial charge in [0.15, 0.2) is 0 Å². The van der Waals surface area contributed by atoms with Crippen LogP contribution in [0.1, 0.15) is 24.4 Å². The fourth-order valence-corrected chi connectivity index (χ4v) is 2.12. The minimum atomic E-state index is 0.236. The monoisotopic (exact) mass is 219 g/mol. The van der Waals surface area contributed by atoms with E-state index in [-0.39, 0.29) is 5.92 Å². The van der Waals surface area contributed by atoms with Crippen molar-refractivity contribution in [3.05, 3.63) is 17.6 Å². The van der Waals surface area contributed by atoms with Crippen LogP contribution in [0.2, 0.25) is 0 Å². The zero-order valence-corrected chi connectivity index (χ0v) is 9.81. The highest BCUT2D eigenvalue weighted by Gasteiger charge is 2.19. The van der Waals surface area contributed by atoms with Crippen molar-refractivity contribution in [3.8, 4) is 0 Å². The lowest BCUT2D eigenvalue weighted by molar-refractivity contribution is -0.111. The van der Waals surface area contributed by atoms with Crippen LogP contribution < -0.4 is 4.90 Å². The van der Waals surface area contributed by atoms with Crippen LogP contribution in [-0.2, 0) is 4.79 Å². The number of aromatic nitrogens is 2. The average Bonchev–Trinajstić information content (AvgIpc) is 2.28. The lowest BCUT2D eigenvalue weighted by Gasteiger charge is -2.30. The topological polar surface area (TPSA) is 46.1 Å². The minimum Gasteiger partial charge on any atom is -0.356 e. The third-order valence-corrected chi connectivity index (χ3v) is 3.01. The van der Waals surface area contributed by atoms with Crippen LogP contribution >= 0.6 is 0 Å². The maximum atomic E-state index is 10.7. The van der Waals surface area contributed by atoms with Crippen LogP contribution in [0.15, 0.2) is 6.07 Å². The number of hydrogen-bond acceptors (Lipinski definition) is 4. The number of anilines is 1. The van der Waals surface area contributed by atoms with E-state index in [4.69, 9.17) is 0 Å². The van der Waals surface area contributed by atoms with Gasteiger partial charge in [0, 0.05) is 30.8 Å². The van der Waals surface area contributed by atoms with Gasteiger partial charge in [0.25, 0.3) is 0 Å². The molecule has 1 aliphatic rings. The van der Waals surface area contributed by atoms with Gasteiger partial charge in [-0.1, -0.05) is 0 Å². The Morgan fingerprint density at radius 1 is 1.31 bits per heavy atom. The molecular formula is C12H17N3O. The Bertz CT molecular complexity index is 364. The molecule has 1 aliphatic heterocycles. The number of aldehydes is 1. The lowest BCUT2D eigenvalue weighted by atomic mass is 9.99. The summed E-state index contributed by atoms with van der Waals surface area (Å²) in [4.78, 5) is 21.6. The van der Waals surface area contributed by atoms with Gasteiger partial charge < -0.3 is 9.69 Å². The first kappa shape index (κ1) is 11.0. The summed E-state index contributed by atoms with van der Waals surface area (Å²) in [5, 5.41) is 0. The molecule has 0 aliphatic carbocycles. The fourth-order valence-electron chi connectivity index (χ4n) is 2.12. The highest BCUT2D eigenvalue weighted by Crippen LogP contribution is 2.20. The number of rotatable bonds is 2. The predicted octanol–water partition coefficient (Wildman–Crippen LogP) is 1.51. The van der Waals surface area contributed by atoms with Gasteiger partial charge >= 0.3 is 0 Å². The molecule has 0 aromatic carbocycles. The summed E-state index contributed by atoms with van der Waals surface area (Å²) in [6.07, 6.45) is 2.95. The Kier molecular flexibility index (Phi) is 3.17. The first-order valence-electron chi connectivity index (χ1n) is 5.71. The highest BCUT2D eigenvalue weighted by molar-refractivity contribution is 5.54. The Morgan fingerprint density at radius 3 is 2.56 bits per heavy atom. The second-order valence-corrected chi connectivity index (χ2v) is 4.38. The van der Waals surface area contributed by atoms with Gasteiger partial charge in [-0.2, -0.15) is 0 Å². The Balaban J connectivity index is 2.10. The number of nitrogens with zero attached hydrogens (tertiary/aromatic N) is 3. The van der Waals surface area contributed by atoms with Gasteiger partial charge in [0.1, 0.15) is 17.9 Å². The normalized spacial score (nSPS) is 17.5. The molecule has 1 aromatic rings. The smallest absolute Gasteiger partial charge is 0.132 e. The van der Waals surface area contributed by atoms with Gasteiger partial charge in [0.2, 0.25) is 0 Å². The van der Waals surface area contributed by atoms with Crippen LogP contribution in [0.25, 0.3) is 0 Å². The lowest BCUT2D eigenvalue weighted by Crippen LogP contribution is -2.34. The molecule has 2 rings (SSSR count). The predicted molar refractivity (Wildman–Crippen MR) is 62.5 cm³/mol. The van der Waals surface area contributed by atoms with Crippen LogP contribution in [-0.4, -0.2) is 29.3 Å². The molecule has 0 N–H and O–H groups in total. The SMILES string of the molecule is Cc1cc(N2CCC(C=O)CC2)nc(C)n1. The minimum absolute atomic E-state index is 0.236. The Labute approximate surface area is 95.7 Å². The third-order valence-electron chi connectivity index (χ3n) is 3.01. The van der Waals surface area contributed by atoms with Crippen molar-refractivity contribution in [2.75, 3.05) is 18.0 Å². The van der Waals surface area contributed by atoms with Gasteiger partial charge in [-0.05, 0) is 26.7 Å². The van der Waals surface area contributed by atoms with E-state index >= 15 is 0 Å². The van der Waals surface area contributed by atoms with E-state index in [0.717, 1.165) is 49.6 Å². The zero-order valence-electron chi connectivity index (χ0n) is 9.81. The average molecular weight is 219 g/mol. The van der Waals surface area contributed by atoms with Crippen molar-refractivity contribution >= 4 is 12.1 Å². The summed E-state index contributed by atoms with van der Waals surface area (Å²) in [5.74, 6) is 2.04. The van der Waals surface area contributed by atoms with Gasteiger partial charge in [-0.15, -0.1) is 0 Å². The summed E-state index contributed by atoms with van der Waals surface area (Å²) in [6.45, 7) is 5.73. The van der Waals surface area contributed by atoms with Crippen LogP contribution in [0.5, 0.6) is 0 Å². The largest absolute Gasteiger partial charge is 0.356 e. The molecule has 2 heterocycles. The van der Waals surface area contributed by atoms with Crippen molar-refractivity contribution in [1.82, 2.24) is 9.97 Å². The molecular weight excluding hydrogens is 202 g/mol. The van der Waals surface area contributed by atoms with E-state index in [1.807, 2.05) is 19.9 Å². The molecule has 0 unspecified atom stereocenters. The number of aryl methyl sites for hydroxylation is 2. The van der Waals surface area contributed by atoms with Crippen LogP contribution in [0.4, 0.5) is 5.82 Å². The third kappa shape index (κ3) is 2.38.